The van der Waals surface area contributed by atoms with Crippen LogP contribution in [-0.2, 0) is 6.42 Å². The zero-order chi connectivity index (χ0) is 14.0. The number of halogens is 4. The van der Waals surface area contributed by atoms with Gasteiger partial charge in [0.25, 0.3) is 0 Å². The lowest BCUT2D eigenvalue weighted by Crippen LogP contribution is -1.96. The Morgan fingerprint density at radius 2 is 1.79 bits per heavy atom. The lowest BCUT2D eigenvalue weighted by molar-refractivity contribution is 0.582. The van der Waals surface area contributed by atoms with Crippen molar-refractivity contribution in [3.63, 3.8) is 0 Å². The SMILES string of the molecule is N#CCc1ccc(-c2c(Cl)cc(Cl)cc2Cl)c(F)n1. The number of nitrogens with zero attached hydrogens (tertiary/aromatic N) is 2. The van der Waals surface area contributed by atoms with Crippen molar-refractivity contribution in [2.75, 3.05) is 0 Å². The summed E-state index contributed by atoms with van der Waals surface area (Å²) in [7, 11) is 0. The van der Waals surface area contributed by atoms with Gasteiger partial charge in [-0.1, -0.05) is 34.8 Å². The lowest BCUT2D eigenvalue weighted by Gasteiger charge is -2.09. The Balaban J connectivity index is 2.57. The number of hydrogen-bond acceptors (Lipinski definition) is 2. The molecule has 19 heavy (non-hydrogen) atoms. The molecule has 1 aromatic heterocycles. The highest BCUT2D eigenvalue weighted by atomic mass is 35.5. The van der Waals surface area contributed by atoms with E-state index in [-0.39, 0.29) is 22.0 Å². The van der Waals surface area contributed by atoms with E-state index in [4.69, 9.17) is 40.1 Å². The van der Waals surface area contributed by atoms with Crippen LogP contribution in [0, 0.1) is 17.3 Å². The molecule has 1 heterocycles. The minimum absolute atomic E-state index is 0.0410. The maximum atomic E-state index is 13.9. The van der Waals surface area contributed by atoms with Gasteiger partial charge in [-0.05, 0) is 24.3 Å². The Bertz CT molecular complexity index is 657. The number of rotatable bonds is 2. The molecule has 0 aliphatic heterocycles. The molecule has 96 valence electrons. The van der Waals surface area contributed by atoms with Gasteiger partial charge >= 0.3 is 0 Å². The van der Waals surface area contributed by atoms with Gasteiger partial charge in [0.1, 0.15) is 0 Å². The molecule has 0 saturated heterocycles. The Hall–Kier alpha value is -1.34. The molecule has 2 nitrogen and oxygen atoms in total. The van der Waals surface area contributed by atoms with Crippen LogP contribution in [0.4, 0.5) is 4.39 Å². The molecule has 0 N–H and O–H groups in total. The minimum Gasteiger partial charge on any atom is -0.223 e. The van der Waals surface area contributed by atoms with Crippen LogP contribution in [0.1, 0.15) is 5.69 Å². The van der Waals surface area contributed by atoms with Gasteiger partial charge in [0, 0.05) is 16.1 Å². The summed E-state index contributed by atoms with van der Waals surface area (Å²) >= 11 is 17.9. The van der Waals surface area contributed by atoms with Gasteiger partial charge in [-0.15, -0.1) is 0 Å². The molecule has 0 radical (unpaired) electrons. The first-order valence-electron chi connectivity index (χ1n) is 5.20. The Morgan fingerprint density at radius 3 is 2.32 bits per heavy atom. The van der Waals surface area contributed by atoms with Crippen LogP contribution in [0.3, 0.4) is 0 Å². The molecular weight excluding hydrogens is 310 g/mol. The zero-order valence-electron chi connectivity index (χ0n) is 9.42. The van der Waals surface area contributed by atoms with Crippen LogP contribution in [0.2, 0.25) is 15.1 Å². The van der Waals surface area contributed by atoms with Gasteiger partial charge < -0.3 is 0 Å². The van der Waals surface area contributed by atoms with Crippen molar-refractivity contribution in [2.45, 2.75) is 6.42 Å². The van der Waals surface area contributed by atoms with E-state index in [1.807, 2.05) is 6.07 Å². The van der Waals surface area contributed by atoms with Gasteiger partial charge in [0.2, 0.25) is 5.95 Å². The summed E-state index contributed by atoms with van der Waals surface area (Å²) in [6, 6.07) is 7.91. The molecular formula is C13H6Cl3FN2. The number of nitriles is 1. The molecule has 6 heteroatoms. The van der Waals surface area contributed by atoms with E-state index in [1.165, 1.54) is 18.2 Å². The van der Waals surface area contributed by atoms with E-state index in [9.17, 15) is 4.39 Å². The standard InChI is InChI=1S/C13H6Cl3FN2/c14-7-5-10(15)12(11(16)6-7)9-2-1-8(3-4-18)19-13(9)17/h1-2,5-6H,3H2. The summed E-state index contributed by atoms with van der Waals surface area (Å²) in [6.07, 6.45) is 0.0410. The second kappa shape index (κ2) is 5.75. The maximum Gasteiger partial charge on any atom is 0.221 e. The molecule has 0 fully saturated rings. The Morgan fingerprint density at radius 1 is 1.16 bits per heavy atom. The van der Waals surface area contributed by atoms with Crippen molar-refractivity contribution in [2.24, 2.45) is 0 Å². The summed E-state index contributed by atoms with van der Waals surface area (Å²) in [5.74, 6) is -0.723. The van der Waals surface area contributed by atoms with Crippen LogP contribution >= 0.6 is 34.8 Å². The van der Waals surface area contributed by atoms with E-state index in [0.717, 1.165) is 0 Å². The van der Waals surface area contributed by atoms with Gasteiger partial charge in [0.05, 0.1) is 28.2 Å². The molecule has 0 unspecified atom stereocenters. The van der Waals surface area contributed by atoms with Gasteiger partial charge in [-0.2, -0.15) is 9.65 Å². The molecule has 2 rings (SSSR count). The van der Waals surface area contributed by atoms with Crippen molar-refractivity contribution < 1.29 is 4.39 Å². The first-order valence-corrected chi connectivity index (χ1v) is 6.33. The summed E-state index contributed by atoms with van der Waals surface area (Å²) in [5.41, 5.74) is 0.861. The smallest absolute Gasteiger partial charge is 0.221 e. The zero-order valence-corrected chi connectivity index (χ0v) is 11.7. The summed E-state index contributed by atoms with van der Waals surface area (Å²) in [4.78, 5) is 3.70. The third kappa shape index (κ3) is 2.98. The van der Waals surface area contributed by atoms with Crippen molar-refractivity contribution in [1.82, 2.24) is 4.98 Å². The number of hydrogen-bond donors (Lipinski definition) is 0. The highest BCUT2D eigenvalue weighted by molar-refractivity contribution is 6.41. The van der Waals surface area contributed by atoms with Crippen molar-refractivity contribution >= 4 is 34.8 Å². The molecule has 0 saturated carbocycles. The van der Waals surface area contributed by atoms with Crippen LogP contribution in [0.15, 0.2) is 24.3 Å². The fraction of sp³-hybridized carbons (Fsp3) is 0.0769. The fourth-order valence-electron chi connectivity index (χ4n) is 1.64. The quantitative estimate of drug-likeness (QED) is 0.738. The topological polar surface area (TPSA) is 36.7 Å². The predicted octanol–water partition coefficient (Wildman–Crippen LogP) is 4.91. The number of pyridine rings is 1. The largest absolute Gasteiger partial charge is 0.223 e. The summed E-state index contributed by atoms with van der Waals surface area (Å²) < 4.78 is 13.9. The lowest BCUT2D eigenvalue weighted by atomic mass is 10.1. The van der Waals surface area contributed by atoms with Gasteiger partial charge in [-0.3, -0.25) is 0 Å². The molecule has 1 aromatic carbocycles. The molecule has 0 spiro atoms. The first-order chi connectivity index (χ1) is 9.02. The minimum atomic E-state index is -0.723. The molecule has 0 bridgehead atoms. The molecule has 0 aliphatic rings. The summed E-state index contributed by atoms with van der Waals surface area (Å²) in [6.45, 7) is 0. The van der Waals surface area contributed by atoms with Crippen LogP contribution in [0.5, 0.6) is 0 Å². The second-order valence-electron chi connectivity index (χ2n) is 3.72. The average molecular weight is 316 g/mol. The van der Waals surface area contributed by atoms with Crippen molar-refractivity contribution in [3.8, 4) is 17.2 Å². The van der Waals surface area contributed by atoms with E-state index in [1.54, 1.807) is 6.07 Å². The van der Waals surface area contributed by atoms with Gasteiger partial charge in [0.15, 0.2) is 0 Å². The van der Waals surface area contributed by atoms with Crippen LogP contribution in [-0.4, -0.2) is 4.98 Å². The van der Waals surface area contributed by atoms with Crippen molar-refractivity contribution in [3.05, 3.63) is 51.0 Å². The van der Waals surface area contributed by atoms with Crippen LogP contribution in [0.25, 0.3) is 11.1 Å². The molecule has 2 aromatic rings. The maximum absolute atomic E-state index is 13.9. The predicted molar refractivity (Wildman–Crippen MR) is 74.0 cm³/mol. The highest BCUT2D eigenvalue weighted by Crippen LogP contribution is 2.37. The van der Waals surface area contributed by atoms with Crippen molar-refractivity contribution in [1.29, 1.82) is 5.26 Å². The third-order valence-electron chi connectivity index (χ3n) is 2.44. The summed E-state index contributed by atoms with van der Waals surface area (Å²) in [5, 5.41) is 9.40. The molecule has 0 aliphatic carbocycles. The first kappa shape index (κ1) is 14.1. The van der Waals surface area contributed by atoms with E-state index in [0.29, 0.717) is 16.3 Å². The molecule has 0 atom stereocenters. The monoisotopic (exact) mass is 314 g/mol. The third-order valence-corrected chi connectivity index (χ3v) is 3.26. The van der Waals surface area contributed by atoms with E-state index in [2.05, 4.69) is 4.98 Å². The highest BCUT2D eigenvalue weighted by Gasteiger charge is 2.15. The average Bonchev–Trinajstić information content (AvgIpc) is 2.31. The van der Waals surface area contributed by atoms with Crippen LogP contribution < -0.4 is 0 Å². The second-order valence-corrected chi connectivity index (χ2v) is 4.97. The van der Waals surface area contributed by atoms with E-state index < -0.39 is 5.95 Å². The normalized spacial score (nSPS) is 10.3. The van der Waals surface area contributed by atoms with Gasteiger partial charge in [-0.25, -0.2) is 4.98 Å². The van der Waals surface area contributed by atoms with E-state index >= 15 is 0 Å². The number of benzene rings is 1. The fourth-order valence-corrected chi connectivity index (χ4v) is 2.66. The Labute approximate surface area is 124 Å². The molecule has 0 amide bonds. The Kier molecular flexibility index (Phi) is 4.26. The number of aromatic nitrogens is 1.